The first-order valence-corrected chi connectivity index (χ1v) is 10.9. The number of benzene rings is 1. The first kappa shape index (κ1) is 20.3. The number of fused-ring (bicyclic) bond motifs is 1. The highest BCUT2D eigenvalue weighted by atomic mass is 32.2. The summed E-state index contributed by atoms with van der Waals surface area (Å²) in [5.74, 6) is -0.147. The van der Waals surface area contributed by atoms with Gasteiger partial charge in [-0.1, -0.05) is 12.1 Å². The molecule has 158 valence electrons. The number of aromatic nitrogens is 2. The van der Waals surface area contributed by atoms with Gasteiger partial charge >= 0.3 is 6.18 Å². The summed E-state index contributed by atoms with van der Waals surface area (Å²) in [7, 11) is -3.83. The van der Waals surface area contributed by atoms with Crippen molar-refractivity contribution in [3.63, 3.8) is 0 Å². The van der Waals surface area contributed by atoms with Gasteiger partial charge in [-0.2, -0.15) is 30.2 Å². The molecule has 7 nitrogen and oxygen atoms in total. The van der Waals surface area contributed by atoms with Crippen LogP contribution in [0.3, 0.4) is 0 Å². The van der Waals surface area contributed by atoms with E-state index in [2.05, 4.69) is 4.98 Å². The fraction of sp³-hybridized carbons (Fsp3) is 0.556. The van der Waals surface area contributed by atoms with E-state index in [1.54, 1.807) is 18.2 Å². The minimum Gasteiger partial charge on any atom is -0.286 e. The lowest BCUT2D eigenvalue weighted by atomic mass is 10.2. The normalized spacial score (nSPS) is 22.0. The summed E-state index contributed by atoms with van der Waals surface area (Å²) in [5.41, 5.74) is -0.551. The lowest BCUT2D eigenvalue weighted by Gasteiger charge is -2.29. The van der Waals surface area contributed by atoms with Crippen molar-refractivity contribution in [2.75, 3.05) is 19.6 Å². The summed E-state index contributed by atoms with van der Waals surface area (Å²) in [5, 5.41) is 0.0763. The van der Waals surface area contributed by atoms with Gasteiger partial charge in [0.15, 0.2) is 0 Å². The number of nitrogens with zero attached hydrogens (tertiary/aromatic N) is 4. The van der Waals surface area contributed by atoms with Crippen LogP contribution in [-0.2, 0) is 16.8 Å². The third-order valence-electron chi connectivity index (χ3n) is 5.42. The van der Waals surface area contributed by atoms with Crippen LogP contribution in [0.25, 0.3) is 10.9 Å². The molecule has 2 aromatic rings. The molecule has 1 atom stereocenters. The summed E-state index contributed by atoms with van der Waals surface area (Å²) in [4.78, 5) is 17.2. The standard InChI is InChI=1S/C18H21F3N4O3S/c19-18(20,21)12-24-16(22-14-7-2-1-6-13(14)17(24)26)15-8-5-11-25(15)29(27,28)23-9-3-4-10-23/h1-2,6-7,15H,3-5,8-12H2. The van der Waals surface area contributed by atoms with Crippen molar-refractivity contribution in [2.45, 2.75) is 44.4 Å². The molecule has 2 fully saturated rings. The number of hydrogen-bond donors (Lipinski definition) is 0. The van der Waals surface area contributed by atoms with Gasteiger partial charge in [-0.05, 0) is 37.8 Å². The van der Waals surface area contributed by atoms with Crippen molar-refractivity contribution in [1.29, 1.82) is 0 Å². The van der Waals surface area contributed by atoms with Crippen LogP contribution >= 0.6 is 0 Å². The molecular weight excluding hydrogens is 409 g/mol. The van der Waals surface area contributed by atoms with E-state index in [0.29, 0.717) is 30.5 Å². The molecule has 1 unspecified atom stereocenters. The fourth-order valence-electron chi connectivity index (χ4n) is 4.11. The van der Waals surface area contributed by atoms with Crippen LogP contribution in [0.4, 0.5) is 13.2 Å². The Morgan fingerprint density at radius 1 is 1.07 bits per heavy atom. The Hall–Kier alpha value is -1.98. The van der Waals surface area contributed by atoms with Gasteiger partial charge in [-0.15, -0.1) is 0 Å². The second-order valence-corrected chi connectivity index (χ2v) is 9.26. The Balaban J connectivity index is 1.85. The first-order chi connectivity index (χ1) is 13.7. The van der Waals surface area contributed by atoms with Crippen molar-refractivity contribution in [3.8, 4) is 0 Å². The summed E-state index contributed by atoms with van der Waals surface area (Å²) in [6.07, 6.45) is -2.32. The van der Waals surface area contributed by atoms with Crippen molar-refractivity contribution >= 4 is 21.1 Å². The van der Waals surface area contributed by atoms with E-state index >= 15 is 0 Å². The molecule has 1 aromatic heterocycles. The maximum atomic E-state index is 13.2. The number of para-hydroxylation sites is 1. The first-order valence-electron chi connectivity index (χ1n) is 9.51. The SMILES string of the molecule is O=c1c2ccccc2nc(C2CCCN2S(=O)(=O)N2CCCC2)n1CC(F)(F)F. The van der Waals surface area contributed by atoms with Crippen LogP contribution in [-0.4, -0.2) is 52.4 Å². The lowest BCUT2D eigenvalue weighted by molar-refractivity contribution is -0.141. The van der Waals surface area contributed by atoms with Crippen molar-refractivity contribution in [1.82, 2.24) is 18.2 Å². The minimum atomic E-state index is -4.64. The number of hydrogen-bond acceptors (Lipinski definition) is 4. The van der Waals surface area contributed by atoms with Crippen LogP contribution in [0.1, 0.15) is 37.5 Å². The number of halogens is 3. The predicted molar refractivity (Wildman–Crippen MR) is 100 cm³/mol. The van der Waals surface area contributed by atoms with Crippen LogP contribution in [0.5, 0.6) is 0 Å². The Kier molecular flexibility index (Phi) is 5.16. The zero-order valence-electron chi connectivity index (χ0n) is 15.6. The third-order valence-corrected chi connectivity index (χ3v) is 7.47. The van der Waals surface area contributed by atoms with Gasteiger partial charge in [0, 0.05) is 19.6 Å². The van der Waals surface area contributed by atoms with Gasteiger partial charge in [0.1, 0.15) is 12.4 Å². The van der Waals surface area contributed by atoms with Gasteiger partial charge in [-0.3, -0.25) is 9.36 Å². The zero-order chi connectivity index (χ0) is 20.8. The topological polar surface area (TPSA) is 75.5 Å². The van der Waals surface area contributed by atoms with Gasteiger partial charge in [-0.25, -0.2) is 4.98 Å². The Bertz CT molecular complexity index is 1080. The molecule has 0 aliphatic carbocycles. The molecular formula is C18H21F3N4O3S. The second-order valence-electron chi connectivity index (χ2n) is 7.38. The third kappa shape index (κ3) is 3.78. The Morgan fingerprint density at radius 2 is 1.76 bits per heavy atom. The van der Waals surface area contributed by atoms with E-state index in [0.717, 1.165) is 12.8 Å². The average molecular weight is 430 g/mol. The van der Waals surface area contributed by atoms with E-state index in [1.807, 2.05) is 0 Å². The number of rotatable bonds is 4. The molecule has 0 spiro atoms. The second kappa shape index (κ2) is 7.37. The van der Waals surface area contributed by atoms with E-state index in [9.17, 15) is 26.4 Å². The monoisotopic (exact) mass is 430 g/mol. The summed E-state index contributed by atoms with van der Waals surface area (Å²) >= 11 is 0. The molecule has 1 aromatic carbocycles. The van der Waals surface area contributed by atoms with Crippen LogP contribution < -0.4 is 5.56 Å². The van der Waals surface area contributed by atoms with Crippen LogP contribution in [0.2, 0.25) is 0 Å². The molecule has 0 bridgehead atoms. The van der Waals surface area contributed by atoms with Crippen molar-refractivity contribution in [2.24, 2.45) is 0 Å². The average Bonchev–Trinajstić information content (AvgIpc) is 3.35. The Labute approximate surface area is 165 Å². The van der Waals surface area contributed by atoms with Crippen LogP contribution in [0.15, 0.2) is 29.1 Å². The molecule has 4 rings (SSSR count). The zero-order valence-corrected chi connectivity index (χ0v) is 16.4. The molecule has 11 heteroatoms. The van der Waals surface area contributed by atoms with Crippen LogP contribution in [0, 0.1) is 0 Å². The summed E-state index contributed by atoms with van der Waals surface area (Å²) in [6.45, 7) is -0.524. The molecule has 2 aliphatic heterocycles. The van der Waals surface area contributed by atoms with Crippen molar-refractivity contribution < 1.29 is 21.6 Å². The maximum absolute atomic E-state index is 13.2. The maximum Gasteiger partial charge on any atom is 0.406 e. The highest BCUT2D eigenvalue weighted by Gasteiger charge is 2.42. The summed E-state index contributed by atoms with van der Waals surface area (Å²) < 4.78 is 69.0. The minimum absolute atomic E-state index is 0.0763. The van der Waals surface area contributed by atoms with Gasteiger partial charge in [0.25, 0.3) is 15.8 Å². The Morgan fingerprint density at radius 3 is 2.45 bits per heavy atom. The van der Waals surface area contributed by atoms with E-state index < -0.39 is 34.5 Å². The molecule has 0 N–H and O–H groups in total. The highest BCUT2D eigenvalue weighted by Crippen LogP contribution is 2.36. The summed E-state index contributed by atoms with van der Waals surface area (Å²) in [6, 6.07) is 5.27. The van der Waals surface area contributed by atoms with E-state index in [1.165, 1.54) is 14.7 Å². The largest absolute Gasteiger partial charge is 0.406 e. The molecule has 0 radical (unpaired) electrons. The highest BCUT2D eigenvalue weighted by molar-refractivity contribution is 7.86. The molecule has 0 saturated carbocycles. The lowest BCUT2D eigenvalue weighted by Crippen LogP contribution is -2.44. The smallest absolute Gasteiger partial charge is 0.286 e. The van der Waals surface area contributed by atoms with Gasteiger partial charge < -0.3 is 0 Å². The predicted octanol–water partition coefficient (Wildman–Crippen LogP) is 2.44. The molecule has 0 amide bonds. The van der Waals surface area contributed by atoms with Crippen molar-refractivity contribution in [3.05, 3.63) is 40.4 Å². The molecule has 2 aliphatic rings. The molecule has 29 heavy (non-hydrogen) atoms. The molecule has 3 heterocycles. The van der Waals surface area contributed by atoms with E-state index in [4.69, 9.17) is 0 Å². The van der Waals surface area contributed by atoms with Gasteiger partial charge in [0.2, 0.25) is 0 Å². The number of alkyl halides is 3. The van der Waals surface area contributed by atoms with E-state index in [-0.39, 0.29) is 23.3 Å². The van der Waals surface area contributed by atoms with Gasteiger partial charge in [0.05, 0.1) is 16.9 Å². The molecule has 2 saturated heterocycles. The fourth-order valence-corrected chi connectivity index (χ4v) is 6.01. The quantitative estimate of drug-likeness (QED) is 0.747.